The lowest BCUT2D eigenvalue weighted by atomic mass is 10.2. The number of rotatable bonds is 3. The Labute approximate surface area is 107 Å². The fourth-order valence-corrected chi connectivity index (χ4v) is 2.37. The van der Waals surface area contributed by atoms with Crippen LogP contribution in [-0.4, -0.2) is 9.97 Å². The fraction of sp³-hybridized carbons (Fsp3) is 0.0769. The highest BCUT2D eigenvalue weighted by Crippen LogP contribution is 2.26. The zero-order valence-electron chi connectivity index (χ0n) is 9.34. The van der Waals surface area contributed by atoms with Crippen molar-refractivity contribution in [2.24, 2.45) is 0 Å². The largest absolute Gasteiger partial charge is 0.472 e. The zero-order valence-corrected chi connectivity index (χ0v) is 10.2. The summed E-state index contributed by atoms with van der Waals surface area (Å²) in [6.07, 6.45) is 1.45. The average molecular weight is 260 g/mol. The van der Waals surface area contributed by atoms with E-state index in [4.69, 9.17) is 4.74 Å². The summed E-state index contributed by atoms with van der Waals surface area (Å²) in [5, 5.41) is 2.79. The van der Waals surface area contributed by atoms with Crippen LogP contribution in [0.5, 0.6) is 5.88 Å². The molecule has 0 radical (unpaired) electrons. The highest BCUT2D eigenvalue weighted by molar-refractivity contribution is 7.16. The molecule has 0 unspecified atom stereocenters. The Morgan fingerprint density at radius 1 is 1.17 bits per heavy atom. The van der Waals surface area contributed by atoms with Crippen LogP contribution in [0.25, 0.3) is 10.2 Å². The second kappa shape index (κ2) is 4.70. The molecule has 0 amide bonds. The van der Waals surface area contributed by atoms with Gasteiger partial charge in [-0.1, -0.05) is 18.2 Å². The van der Waals surface area contributed by atoms with Crippen molar-refractivity contribution in [3.05, 3.63) is 53.4 Å². The van der Waals surface area contributed by atoms with Gasteiger partial charge in [-0.25, -0.2) is 14.4 Å². The van der Waals surface area contributed by atoms with Gasteiger partial charge in [-0.3, -0.25) is 0 Å². The van der Waals surface area contributed by atoms with Gasteiger partial charge < -0.3 is 4.74 Å². The van der Waals surface area contributed by atoms with Gasteiger partial charge in [0, 0.05) is 5.56 Å². The highest BCUT2D eigenvalue weighted by atomic mass is 32.1. The number of benzene rings is 1. The van der Waals surface area contributed by atoms with Crippen LogP contribution in [0.1, 0.15) is 5.56 Å². The first-order valence-electron chi connectivity index (χ1n) is 5.39. The van der Waals surface area contributed by atoms with E-state index in [2.05, 4.69) is 9.97 Å². The van der Waals surface area contributed by atoms with Crippen LogP contribution < -0.4 is 4.74 Å². The van der Waals surface area contributed by atoms with Crippen LogP contribution >= 0.6 is 11.3 Å². The molecule has 0 atom stereocenters. The predicted octanol–water partition coefficient (Wildman–Crippen LogP) is 3.41. The summed E-state index contributed by atoms with van der Waals surface area (Å²) >= 11 is 1.52. The number of nitrogens with zero attached hydrogens (tertiary/aromatic N) is 2. The number of hydrogen-bond donors (Lipinski definition) is 0. The molecule has 0 aliphatic heterocycles. The molecule has 0 N–H and O–H groups in total. The van der Waals surface area contributed by atoms with E-state index in [0.29, 0.717) is 11.4 Å². The van der Waals surface area contributed by atoms with Gasteiger partial charge >= 0.3 is 0 Å². The Balaban J connectivity index is 1.85. The highest BCUT2D eigenvalue weighted by Gasteiger charge is 2.07. The molecule has 3 nitrogen and oxygen atoms in total. The average Bonchev–Trinajstić information content (AvgIpc) is 2.86. The molecule has 3 aromatic rings. The van der Waals surface area contributed by atoms with Crippen molar-refractivity contribution in [2.75, 3.05) is 0 Å². The van der Waals surface area contributed by atoms with Crippen molar-refractivity contribution in [1.29, 1.82) is 0 Å². The normalized spacial score (nSPS) is 10.7. The molecule has 1 aromatic carbocycles. The lowest BCUT2D eigenvalue weighted by Crippen LogP contribution is -2.00. The van der Waals surface area contributed by atoms with Crippen LogP contribution in [0.15, 0.2) is 42.0 Å². The van der Waals surface area contributed by atoms with Crippen LogP contribution in [0, 0.1) is 5.82 Å². The first kappa shape index (κ1) is 11.1. The van der Waals surface area contributed by atoms with Gasteiger partial charge in [-0.15, -0.1) is 11.3 Å². The number of ether oxygens (including phenoxy) is 1. The maximum atomic E-state index is 13.4. The third-order valence-corrected chi connectivity index (χ3v) is 3.37. The molecule has 0 bridgehead atoms. The first-order chi connectivity index (χ1) is 8.84. The second-order valence-electron chi connectivity index (χ2n) is 3.70. The Hall–Kier alpha value is -2.01. The molecule has 3 rings (SSSR count). The van der Waals surface area contributed by atoms with Crippen molar-refractivity contribution in [2.45, 2.75) is 6.61 Å². The maximum Gasteiger partial charge on any atom is 0.225 e. The van der Waals surface area contributed by atoms with Gasteiger partial charge in [-0.05, 0) is 17.5 Å². The minimum atomic E-state index is -0.270. The van der Waals surface area contributed by atoms with Crippen LogP contribution in [0.3, 0.4) is 0 Å². The van der Waals surface area contributed by atoms with Gasteiger partial charge in [0.05, 0.1) is 5.39 Å². The van der Waals surface area contributed by atoms with Crippen LogP contribution in [0.4, 0.5) is 4.39 Å². The van der Waals surface area contributed by atoms with E-state index in [9.17, 15) is 4.39 Å². The molecule has 0 saturated carbocycles. The quantitative estimate of drug-likeness (QED) is 0.724. The summed E-state index contributed by atoms with van der Waals surface area (Å²) in [4.78, 5) is 9.07. The number of hydrogen-bond acceptors (Lipinski definition) is 4. The summed E-state index contributed by atoms with van der Waals surface area (Å²) in [6, 6.07) is 8.44. The summed E-state index contributed by atoms with van der Waals surface area (Å²) < 4.78 is 19.0. The van der Waals surface area contributed by atoms with Gasteiger partial charge in [0.2, 0.25) is 5.88 Å². The summed E-state index contributed by atoms with van der Waals surface area (Å²) in [5.74, 6) is 0.220. The molecule has 5 heteroatoms. The monoisotopic (exact) mass is 260 g/mol. The Morgan fingerprint density at radius 3 is 2.94 bits per heavy atom. The Morgan fingerprint density at radius 2 is 2.06 bits per heavy atom. The predicted molar refractivity (Wildman–Crippen MR) is 68.1 cm³/mol. The number of thiophene rings is 1. The summed E-state index contributed by atoms with van der Waals surface area (Å²) in [5.41, 5.74) is 0.513. The van der Waals surface area contributed by atoms with Crippen molar-refractivity contribution < 1.29 is 9.13 Å². The van der Waals surface area contributed by atoms with Crippen LogP contribution in [-0.2, 0) is 6.61 Å². The van der Waals surface area contributed by atoms with Crippen molar-refractivity contribution in [3.63, 3.8) is 0 Å². The zero-order chi connectivity index (χ0) is 12.4. The second-order valence-corrected chi connectivity index (χ2v) is 4.59. The van der Waals surface area contributed by atoms with E-state index in [1.165, 1.54) is 23.7 Å². The van der Waals surface area contributed by atoms with E-state index in [0.717, 1.165) is 10.2 Å². The lowest BCUT2D eigenvalue weighted by molar-refractivity contribution is 0.291. The molecule has 0 aliphatic rings. The fourth-order valence-electron chi connectivity index (χ4n) is 1.64. The van der Waals surface area contributed by atoms with E-state index in [-0.39, 0.29) is 12.4 Å². The molecule has 2 heterocycles. The lowest BCUT2D eigenvalue weighted by Gasteiger charge is -2.06. The maximum absolute atomic E-state index is 13.4. The van der Waals surface area contributed by atoms with Crippen molar-refractivity contribution in [3.8, 4) is 5.88 Å². The third-order valence-electron chi connectivity index (χ3n) is 2.55. The molecule has 90 valence electrons. The topological polar surface area (TPSA) is 35.0 Å². The summed E-state index contributed by atoms with van der Waals surface area (Å²) in [6.45, 7) is 0.161. The van der Waals surface area contributed by atoms with Gasteiger partial charge in [0.25, 0.3) is 0 Å². The molecule has 18 heavy (non-hydrogen) atoms. The molecule has 0 aliphatic carbocycles. The van der Waals surface area contributed by atoms with Gasteiger partial charge in [0.15, 0.2) is 0 Å². The molecule has 0 fully saturated rings. The van der Waals surface area contributed by atoms with Crippen LogP contribution in [0.2, 0.25) is 0 Å². The van der Waals surface area contributed by atoms with E-state index in [1.54, 1.807) is 18.2 Å². The minimum absolute atomic E-state index is 0.161. The molecule has 0 saturated heterocycles. The minimum Gasteiger partial charge on any atom is -0.472 e. The summed E-state index contributed by atoms with van der Waals surface area (Å²) in [7, 11) is 0. The van der Waals surface area contributed by atoms with Gasteiger partial charge in [0.1, 0.15) is 23.6 Å². The number of halogens is 1. The first-order valence-corrected chi connectivity index (χ1v) is 6.27. The number of aromatic nitrogens is 2. The van der Waals surface area contributed by atoms with Crippen molar-refractivity contribution >= 4 is 21.6 Å². The standard InChI is InChI=1S/C13H9FN2OS/c14-11-4-2-1-3-9(11)7-17-12-10-5-6-18-13(10)16-8-15-12/h1-6,8H,7H2. The van der Waals surface area contributed by atoms with Crippen molar-refractivity contribution in [1.82, 2.24) is 9.97 Å². The van der Waals surface area contributed by atoms with E-state index in [1.807, 2.05) is 11.4 Å². The SMILES string of the molecule is Fc1ccccc1COc1ncnc2sccc12. The van der Waals surface area contributed by atoms with E-state index < -0.39 is 0 Å². The van der Waals surface area contributed by atoms with E-state index >= 15 is 0 Å². The number of fused-ring (bicyclic) bond motifs is 1. The molecular weight excluding hydrogens is 251 g/mol. The molecule has 0 spiro atoms. The smallest absolute Gasteiger partial charge is 0.225 e. The Kier molecular flexibility index (Phi) is 2.90. The molecule has 2 aromatic heterocycles. The Bertz CT molecular complexity index is 683. The molecular formula is C13H9FN2OS. The third kappa shape index (κ3) is 2.04. The van der Waals surface area contributed by atoms with Gasteiger partial charge in [-0.2, -0.15) is 0 Å².